The summed E-state index contributed by atoms with van der Waals surface area (Å²) in [5.74, 6) is 0.482. The Morgan fingerprint density at radius 3 is 2.67 bits per heavy atom. The highest BCUT2D eigenvalue weighted by atomic mass is 32.1. The zero-order valence-corrected chi connectivity index (χ0v) is 14.5. The minimum absolute atomic E-state index is 0.326. The number of hydrogen-bond donors (Lipinski definition) is 1. The van der Waals surface area contributed by atoms with E-state index in [1.54, 1.807) is 6.92 Å². The molecule has 1 aromatic heterocycles. The van der Waals surface area contributed by atoms with Crippen molar-refractivity contribution in [2.75, 3.05) is 18.5 Å². The van der Waals surface area contributed by atoms with Gasteiger partial charge in [-0.3, -0.25) is 0 Å². The van der Waals surface area contributed by atoms with Gasteiger partial charge in [-0.25, -0.2) is 9.78 Å². The lowest BCUT2D eigenvalue weighted by molar-refractivity contribution is 0.0519. The first-order chi connectivity index (χ1) is 10.0. The Morgan fingerprint density at radius 1 is 1.29 bits per heavy atom. The van der Waals surface area contributed by atoms with E-state index >= 15 is 0 Å². The number of aromatic nitrogens is 1. The van der Waals surface area contributed by atoms with Gasteiger partial charge in [-0.15, -0.1) is 11.3 Å². The Balaban J connectivity index is 2.24. The number of unbranched alkanes of at least 4 members (excludes halogenated alkanes) is 3. The zero-order chi connectivity index (χ0) is 15.7. The fourth-order valence-electron chi connectivity index (χ4n) is 2.09. The van der Waals surface area contributed by atoms with E-state index in [-0.39, 0.29) is 5.97 Å². The molecular weight excluding hydrogens is 284 g/mol. The van der Waals surface area contributed by atoms with Crippen LogP contribution in [0.4, 0.5) is 5.13 Å². The van der Waals surface area contributed by atoms with E-state index in [1.807, 2.05) is 6.92 Å². The molecule has 0 amide bonds. The molecule has 1 N–H and O–H groups in total. The highest BCUT2D eigenvalue weighted by molar-refractivity contribution is 7.15. The molecule has 0 bridgehead atoms. The maximum atomic E-state index is 11.7. The van der Waals surface area contributed by atoms with Crippen molar-refractivity contribution >= 4 is 22.4 Å². The molecule has 1 aromatic rings. The van der Waals surface area contributed by atoms with Gasteiger partial charge in [0.2, 0.25) is 0 Å². The minimum Gasteiger partial charge on any atom is -0.461 e. The average molecular weight is 312 g/mol. The van der Waals surface area contributed by atoms with Crippen molar-refractivity contribution < 1.29 is 9.53 Å². The molecule has 0 aromatic carbocycles. The van der Waals surface area contributed by atoms with Crippen LogP contribution in [-0.4, -0.2) is 24.1 Å². The molecule has 5 heteroatoms. The number of rotatable bonds is 10. The number of esters is 1. The molecule has 0 spiro atoms. The molecule has 0 fully saturated rings. The Hall–Kier alpha value is -1.10. The molecule has 0 saturated carbocycles. The first kappa shape index (κ1) is 18.0. The molecule has 0 saturated heterocycles. The van der Waals surface area contributed by atoms with Gasteiger partial charge in [0.1, 0.15) is 0 Å². The summed E-state index contributed by atoms with van der Waals surface area (Å²) in [7, 11) is 0. The third-order valence-electron chi connectivity index (χ3n) is 3.25. The number of ether oxygens (including phenoxy) is 1. The molecule has 0 aliphatic rings. The highest BCUT2D eigenvalue weighted by Gasteiger charge is 2.15. The van der Waals surface area contributed by atoms with Crippen LogP contribution in [0.15, 0.2) is 0 Å². The van der Waals surface area contributed by atoms with Gasteiger partial charge < -0.3 is 10.1 Å². The molecular formula is C16H28N2O2S. The molecule has 1 rings (SSSR count). The molecule has 1 heterocycles. The van der Waals surface area contributed by atoms with Crippen molar-refractivity contribution in [3.63, 3.8) is 0 Å². The van der Waals surface area contributed by atoms with E-state index < -0.39 is 0 Å². The van der Waals surface area contributed by atoms with Crippen molar-refractivity contribution in [1.29, 1.82) is 0 Å². The fourth-order valence-corrected chi connectivity index (χ4v) is 2.91. The Labute approximate surface area is 132 Å². The van der Waals surface area contributed by atoms with E-state index in [4.69, 9.17) is 4.74 Å². The quantitative estimate of drug-likeness (QED) is 0.505. The zero-order valence-electron chi connectivity index (χ0n) is 13.7. The van der Waals surface area contributed by atoms with Crippen LogP contribution in [0.3, 0.4) is 0 Å². The maximum absolute atomic E-state index is 11.7. The van der Waals surface area contributed by atoms with Crippen LogP contribution in [0.25, 0.3) is 0 Å². The van der Waals surface area contributed by atoms with Gasteiger partial charge in [0, 0.05) is 11.4 Å². The summed E-state index contributed by atoms with van der Waals surface area (Å²) < 4.78 is 4.99. The van der Waals surface area contributed by atoms with Gasteiger partial charge in [0.15, 0.2) is 10.8 Å². The van der Waals surface area contributed by atoms with Crippen LogP contribution in [0.2, 0.25) is 0 Å². The van der Waals surface area contributed by atoms with Crippen molar-refractivity contribution in [3.05, 3.63) is 10.6 Å². The number of nitrogens with zero attached hydrogens (tertiary/aromatic N) is 1. The van der Waals surface area contributed by atoms with Crippen LogP contribution in [0.5, 0.6) is 0 Å². The van der Waals surface area contributed by atoms with Gasteiger partial charge in [-0.2, -0.15) is 0 Å². The summed E-state index contributed by atoms with van der Waals surface area (Å²) in [6, 6.07) is 0. The Morgan fingerprint density at radius 2 is 2.00 bits per heavy atom. The second kappa shape index (κ2) is 9.77. The monoisotopic (exact) mass is 312 g/mol. The summed E-state index contributed by atoms with van der Waals surface area (Å²) >= 11 is 1.52. The van der Waals surface area contributed by atoms with E-state index in [1.165, 1.54) is 37.0 Å². The second-order valence-electron chi connectivity index (χ2n) is 5.67. The number of nitrogens with one attached hydrogen (secondary N) is 1. The van der Waals surface area contributed by atoms with Crippen LogP contribution >= 0.6 is 11.3 Å². The molecule has 0 aliphatic heterocycles. The molecule has 4 nitrogen and oxygen atoms in total. The summed E-state index contributed by atoms with van der Waals surface area (Å²) in [6.07, 6.45) is 6.33. The molecule has 0 radical (unpaired) electrons. The molecule has 21 heavy (non-hydrogen) atoms. The molecule has 120 valence electrons. The minimum atomic E-state index is -0.326. The number of aryl methyl sites for hydroxylation is 1. The third-order valence-corrected chi connectivity index (χ3v) is 4.18. The number of anilines is 1. The maximum Gasteiger partial charge on any atom is 0.358 e. The Bertz CT molecular complexity index is 430. The van der Waals surface area contributed by atoms with E-state index in [2.05, 4.69) is 24.1 Å². The van der Waals surface area contributed by atoms with E-state index in [0.29, 0.717) is 12.3 Å². The van der Waals surface area contributed by atoms with Gasteiger partial charge in [-0.1, -0.05) is 39.5 Å². The van der Waals surface area contributed by atoms with Crippen LogP contribution in [0, 0.1) is 12.8 Å². The van der Waals surface area contributed by atoms with Crippen molar-refractivity contribution in [2.24, 2.45) is 5.92 Å². The van der Waals surface area contributed by atoms with Crippen LogP contribution in [-0.2, 0) is 4.74 Å². The van der Waals surface area contributed by atoms with Gasteiger partial charge in [0.05, 0.1) is 6.61 Å². The van der Waals surface area contributed by atoms with Crippen LogP contribution < -0.4 is 5.32 Å². The second-order valence-corrected chi connectivity index (χ2v) is 6.87. The van der Waals surface area contributed by atoms with Gasteiger partial charge in [0.25, 0.3) is 0 Å². The fraction of sp³-hybridized carbons (Fsp3) is 0.750. The lowest BCUT2D eigenvalue weighted by Gasteiger charge is -2.05. The molecule has 0 aliphatic carbocycles. The predicted molar refractivity (Wildman–Crippen MR) is 89.2 cm³/mol. The van der Waals surface area contributed by atoms with Gasteiger partial charge >= 0.3 is 5.97 Å². The van der Waals surface area contributed by atoms with Gasteiger partial charge in [-0.05, 0) is 26.2 Å². The summed E-state index contributed by atoms with van der Waals surface area (Å²) in [6.45, 7) is 9.55. The molecule has 0 atom stereocenters. The lowest BCUT2D eigenvalue weighted by atomic mass is 10.0. The van der Waals surface area contributed by atoms with E-state index in [9.17, 15) is 4.79 Å². The van der Waals surface area contributed by atoms with Crippen molar-refractivity contribution in [1.82, 2.24) is 4.98 Å². The van der Waals surface area contributed by atoms with Crippen LogP contribution in [0.1, 0.15) is 68.2 Å². The first-order valence-corrected chi connectivity index (χ1v) is 8.74. The Kier molecular flexibility index (Phi) is 8.35. The largest absolute Gasteiger partial charge is 0.461 e. The number of hydrogen-bond acceptors (Lipinski definition) is 5. The standard InChI is InChI=1S/C16H28N2O2S/c1-5-20-15(19)14-13(4)21-16(18-14)17-11-9-7-6-8-10-12(2)3/h12H,5-11H2,1-4H3,(H,17,18). The predicted octanol–water partition coefficient (Wildman–Crippen LogP) is 4.65. The normalized spacial score (nSPS) is 10.9. The average Bonchev–Trinajstić information content (AvgIpc) is 2.79. The SMILES string of the molecule is CCOC(=O)c1nc(NCCCCCCC(C)C)sc1C. The third kappa shape index (κ3) is 6.93. The van der Waals surface area contributed by atoms with Crippen molar-refractivity contribution in [2.45, 2.75) is 59.8 Å². The number of thiazole rings is 1. The summed E-state index contributed by atoms with van der Waals surface area (Å²) in [5, 5.41) is 4.12. The summed E-state index contributed by atoms with van der Waals surface area (Å²) in [4.78, 5) is 16.9. The topological polar surface area (TPSA) is 51.2 Å². The highest BCUT2D eigenvalue weighted by Crippen LogP contribution is 2.22. The van der Waals surface area contributed by atoms with Crippen molar-refractivity contribution in [3.8, 4) is 0 Å². The molecule has 0 unspecified atom stereocenters. The lowest BCUT2D eigenvalue weighted by Crippen LogP contribution is -2.07. The summed E-state index contributed by atoms with van der Waals surface area (Å²) in [5.41, 5.74) is 0.446. The van der Waals surface area contributed by atoms with E-state index in [0.717, 1.165) is 28.9 Å². The smallest absolute Gasteiger partial charge is 0.358 e. The first-order valence-electron chi connectivity index (χ1n) is 7.93. The number of carbonyl (C=O) groups excluding carboxylic acids is 1. The number of carbonyl (C=O) groups is 1.